The maximum atomic E-state index is 3.63. The van der Waals surface area contributed by atoms with Crippen LogP contribution < -0.4 is 0 Å². The molecule has 0 fully saturated rings. The predicted octanol–water partition coefficient (Wildman–Crippen LogP) is 8.10. The SMILES string of the molecule is C=CC=CC=CC=CC=CCCCCCCCCCCCCC. The first-order valence-corrected chi connectivity index (χ1v) is 9.69. The van der Waals surface area contributed by atoms with Gasteiger partial charge in [0.25, 0.3) is 0 Å². The molecule has 0 atom stereocenters. The van der Waals surface area contributed by atoms with Crippen LogP contribution in [-0.2, 0) is 0 Å². The van der Waals surface area contributed by atoms with Crippen molar-refractivity contribution in [3.8, 4) is 0 Å². The van der Waals surface area contributed by atoms with E-state index >= 15 is 0 Å². The lowest BCUT2D eigenvalue weighted by Crippen LogP contribution is -1.81. The molecule has 0 radical (unpaired) electrons. The summed E-state index contributed by atoms with van der Waals surface area (Å²) in [6.45, 7) is 5.91. The Hall–Kier alpha value is -1.30. The van der Waals surface area contributed by atoms with Crippen molar-refractivity contribution in [2.24, 2.45) is 0 Å². The van der Waals surface area contributed by atoms with Gasteiger partial charge in [0, 0.05) is 0 Å². The Kier molecular flexibility index (Phi) is 19.5. The molecule has 0 saturated heterocycles. The van der Waals surface area contributed by atoms with Crippen LogP contribution in [0.5, 0.6) is 0 Å². The van der Waals surface area contributed by atoms with E-state index in [0.717, 1.165) is 0 Å². The molecule has 0 heterocycles. The topological polar surface area (TPSA) is 0 Å². The lowest BCUT2D eigenvalue weighted by Gasteiger charge is -2.01. The minimum Gasteiger partial charge on any atom is -0.0991 e. The third-order valence-corrected chi connectivity index (χ3v) is 3.91. The van der Waals surface area contributed by atoms with E-state index in [2.05, 4.69) is 37.8 Å². The Labute approximate surface area is 145 Å². The molecule has 0 bridgehead atoms. The van der Waals surface area contributed by atoms with Crippen LogP contribution in [0.4, 0.5) is 0 Å². The second-order valence-electron chi connectivity index (χ2n) is 6.14. The quantitative estimate of drug-likeness (QED) is 0.199. The Balaban J connectivity index is 3.24. The van der Waals surface area contributed by atoms with Crippen molar-refractivity contribution in [3.63, 3.8) is 0 Å². The fraction of sp³-hybridized carbons (Fsp3) is 0.565. The second kappa shape index (κ2) is 20.7. The standard InChI is InChI=1S/C23H38/c1-3-5-7-9-11-13-15-17-19-21-23-22-20-18-16-14-12-10-8-6-4-2/h3,5,7,9,11,13,15,17,19H,1,4,6,8,10,12,14,16,18,20-23H2,2H3. The highest BCUT2D eigenvalue weighted by Gasteiger charge is 1.92. The van der Waals surface area contributed by atoms with Crippen molar-refractivity contribution in [2.45, 2.75) is 84.0 Å². The fourth-order valence-electron chi connectivity index (χ4n) is 2.50. The molecule has 0 nitrogen and oxygen atoms in total. The minimum atomic E-state index is 1.21. The molecule has 0 aliphatic carbocycles. The molecule has 0 heteroatoms. The normalized spacial score (nSPS) is 12.4. The largest absolute Gasteiger partial charge is 0.0991 e. The first-order chi connectivity index (χ1) is 11.4. The summed E-state index contributed by atoms with van der Waals surface area (Å²) >= 11 is 0. The van der Waals surface area contributed by atoms with Gasteiger partial charge in [0.05, 0.1) is 0 Å². The summed E-state index contributed by atoms with van der Waals surface area (Å²) in [5.74, 6) is 0. The van der Waals surface area contributed by atoms with E-state index in [1.807, 2.05) is 24.3 Å². The number of hydrogen-bond donors (Lipinski definition) is 0. The summed E-state index contributed by atoms with van der Waals surface area (Å²) in [5, 5.41) is 0. The summed E-state index contributed by atoms with van der Waals surface area (Å²) in [6.07, 6.45) is 35.1. The molecule has 0 amide bonds. The summed E-state index contributed by atoms with van der Waals surface area (Å²) in [6, 6.07) is 0. The van der Waals surface area contributed by atoms with Crippen LogP contribution >= 0.6 is 0 Å². The van der Waals surface area contributed by atoms with E-state index in [9.17, 15) is 0 Å². The molecule has 0 unspecified atom stereocenters. The van der Waals surface area contributed by atoms with Crippen molar-refractivity contribution < 1.29 is 0 Å². The van der Waals surface area contributed by atoms with Crippen LogP contribution in [-0.4, -0.2) is 0 Å². The average Bonchev–Trinajstić information content (AvgIpc) is 2.57. The first-order valence-electron chi connectivity index (χ1n) is 9.69. The minimum absolute atomic E-state index is 1.21. The van der Waals surface area contributed by atoms with Gasteiger partial charge in [-0.05, 0) is 12.8 Å². The Morgan fingerprint density at radius 1 is 0.522 bits per heavy atom. The van der Waals surface area contributed by atoms with E-state index in [0.29, 0.717) is 0 Å². The summed E-state index contributed by atoms with van der Waals surface area (Å²) in [4.78, 5) is 0. The maximum absolute atomic E-state index is 3.63. The fourth-order valence-corrected chi connectivity index (χ4v) is 2.50. The molecule has 0 aliphatic heterocycles. The summed E-state index contributed by atoms with van der Waals surface area (Å²) < 4.78 is 0. The lowest BCUT2D eigenvalue weighted by molar-refractivity contribution is 0.550. The highest BCUT2D eigenvalue weighted by Crippen LogP contribution is 2.11. The Bertz CT molecular complexity index is 341. The molecule has 0 rings (SSSR count). The van der Waals surface area contributed by atoms with Gasteiger partial charge in [0.2, 0.25) is 0 Å². The molecule has 0 aromatic rings. The number of unbranched alkanes of at least 4 members (excludes halogenated alkanes) is 11. The van der Waals surface area contributed by atoms with Crippen molar-refractivity contribution in [2.75, 3.05) is 0 Å². The Morgan fingerprint density at radius 3 is 1.48 bits per heavy atom. The molecule has 0 N–H and O–H groups in total. The van der Waals surface area contributed by atoms with Crippen molar-refractivity contribution in [1.29, 1.82) is 0 Å². The van der Waals surface area contributed by atoms with Gasteiger partial charge in [-0.1, -0.05) is 132 Å². The van der Waals surface area contributed by atoms with Gasteiger partial charge in [-0.3, -0.25) is 0 Å². The van der Waals surface area contributed by atoms with Crippen LogP contribution in [0.3, 0.4) is 0 Å². The van der Waals surface area contributed by atoms with Gasteiger partial charge in [-0.15, -0.1) is 0 Å². The second-order valence-corrected chi connectivity index (χ2v) is 6.14. The van der Waals surface area contributed by atoms with E-state index in [4.69, 9.17) is 0 Å². The van der Waals surface area contributed by atoms with Crippen LogP contribution in [0.1, 0.15) is 84.0 Å². The van der Waals surface area contributed by atoms with Crippen molar-refractivity contribution in [1.82, 2.24) is 0 Å². The van der Waals surface area contributed by atoms with Crippen LogP contribution in [0, 0.1) is 0 Å². The zero-order chi connectivity index (χ0) is 16.8. The molecule has 23 heavy (non-hydrogen) atoms. The molecule has 130 valence electrons. The monoisotopic (exact) mass is 314 g/mol. The predicted molar refractivity (Wildman–Crippen MR) is 108 cm³/mol. The van der Waals surface area contributed by atoms with Crippen molar-refractivity contribution >= 4 is 0 Å². The zero-order valence-electron chi connectivity index (χ0n) is 15.4. The van der Waals surface area contributed by atoms with Gasteiger partial charge >= 0.3 is 0 Å². The lowest BCUT2D eigenvalue weighted by atomic mass is 10.1. The van der Waals surface area contributed by atoms with E-state index in [1.165, 1.54) is 77.0 Å². The van der Waals surface area contributed by atoms with Gasteiger partial charge < -0.3 is 0 Å². The molecule has 0 saturated carbocycles. The van der Waals surface area contributed by atoms with Gasteiger partial charge in [-0.2, -0.15) is 0 Å². The van der Waals surface area contributed by atoms with Crippen molar-refractivity contribution in [3.05, 3.63) is 61.3 Å². The van der Waals surface area contributed by atoms with E-state index in [1.54, 1.807) is 6.08 Å². The number of allylic oxidation sites excluding steroid dienone is 9. The maximum Gasteiger partial charge on any atom is -0.0348 e. The van der Waals surface area contributed by atoms with Crippen LogP contribution in [0.25, 0.3) is 0 Å². The van der Waals surface area contributed by atoms with Crippen LogP contribution in [0.2, 0.25) is 0 Å². The highest BCUT2D eigenvalue weighted by molar-refractivity contribution is 5.17. The average molecular weight is 315 g/mol. The number of rotatable bonds is 16. The third-order valence-electron chi connectivity index (χ3n) is 3.91. The molecule has 0 aromatic heterocycles. The first kappa shape index (κ1) is 21.7. The van der Waals surface area contributed by atoms with Gasteiger partial charge in [0.15, 0.2) is 0 Å². The summed E-state index contributed by atoms with van der Waals surface area (Å²) in [7, 11) is 0. The molecule has 0 spiro atoms. The third kappa shape index (κ3) is 20.7. The zero-order valence-corrected chi connectivity index (χ0v) is 15.4. The highest BCUT2D eigenvalue weighted by atomic mass is 14.0. The molecule has 0 aromatic carbocycles. The van der Waals surface area contributed by atoms with Gasteiger partial charge in [-0.25, -0.2) is 0 Å². The van der Waals surface area contributed by atoms with Crippen LogP contribution in [0.15, 0.2) is 61.3 Å². The van der Waals surface area contributed by atoms with E-state index in [-0.39, 0.29) is 0 Å². The number of hydrogen-bond acceptors (Lipinski definition) is 0. The Morgan fingerprint density at radius 2 is 0.957 bits per heavy atom. The van der Waals surface area contributed by atoms with Gasteiger partial charge in [0.1, 0.15) is 0 Å². The molecular weight excluding hydrogens is 276 g/mol. The van der Waals surface area contributed by atoms with E-state index < -0.39 is 0 Å². The smallest absolute Gasteiger partial charge is 0.0348 e. The molecule has 0 aliphatic rings. The summed E-state index contributed by atoms with van der Waals surface area (Å²) in [5.41, 5.74) is 0. The molecular formula is C23H38.